The van der Waals surface area contributed by atoms with Crippen molar-refractivity contribution in [2.24, 2.45) is 5.73 Å². The van der Waals surface area contributed by atoms with Crippen molar-refractivity contribution in [3.63, 3.8) is 0 Å². The van der Waals surface area contributed by atoms with Gasteiger partial charge in [-0.1, -0.05) is 6.07 Å². The minimum atomic E-state index is -0.656. The van der Waals surface area contributed by atoms with Crippen LogP contribution in [0.15, 0.2) is 36.8 Å². The fourth-order valence-corrected chi connectivity index (χ4v) is 3.85. The van der Waals surface area contributed by atoms with E-state index in [1.165, 1.54) is 11.5 Å². The number of carbonyl (C=O) groups excluding carboxylic acids is 1. The third kappa shape index (κ3) is 2.61. The van der Waals surface area contributed by atoms with Gasteiger partial charge in [0.1, 0.15) is 17.0 Å². The van der Waals surface area contributed by atoms with Crippen molar-refractivity contribution >= 4 is 28.8 Å². The van der Waals surface area contributed by atoms with Crippen molar-refractivity contribution in [2.45, 2.75) is 13.8 Å². The largest absolute Gasteiger partial charge is 0.508 e. The molecule has 0 aliphatic heterocycles. The van der Waals surface area contributed by atoms with Crippen LogP contribution < -0.4 is 11.5 Å². The normalized spacial score (nSPS) is 11.2. The van der Waals surface area contributed by atoms with Gasteiger partial charge in [0.05, 0.1) is 10.6 Å². The zero-order chi connectivity index (χ0) is 19.3. The summed E-state index contributed by atoms with van der Waals surface area (Å²) in [6.45, 7) is 3.73. The number of primary amides is 1. The van der Waals surface area contributed by atoms with Crippen molar-refractivity contribution in [3.8, 4) is 27.4 Å². The highest BCUT2D eigenvalue weighted by molar-refractivity contribution is 7.09. The van der Waals surface area contributed by atoms with Crippen LogP contribution in [0.5, 0.6) is 5.75 Å². The number of amides is 1. The van der Waals surface area contributed by atoms with Gasteiger partial charge in [0, 0.05) is 24.2 Å². The van der Waals surface area contributed by atoms with Crippen LogP contribution in [0.2, 0.25) is 0 Å². The molecule has 5 N–H and O–H groups in total. The molecule has 0 atom stereocenters. The average Bonchev–Trinajstić information content (AvgIpc) is 3.27. The van der Waals surface area contributed by atoms with E-state index in [0.29, 0.717) is 22.5 Å². The van der Waals surface area contributed by atoms with Crippen molar-refractivity contribution in [3.05, 3.63) is 53.5 Å². The van der Waals surface area contributed by atoms with E-state index >= 15 is 0 Å². The Morgan fingerprint density at radius 3 is 2.67 bits per heavy atom. The number of pyridine rings is 1. The van der Waals surface area contributed by atoms with Crippen LogP contribution in [0.1, 0.15) is 21.5 Å². The van der Waals surface area contributed by atoms with Gasteiger partial charge >= 0.3 is 0 Å². The molecular formula is C19H17N5O2S. The quantitative estimate of drug-likeness (QED) is 0.505. The van der Waals surface area contributed by atoms with E-state index in [-0.39, 0.29) is 17.0 Å². The molecule has 0 unspecified atom stereocenters. The highest BCUT2D eigenvalue weighted by atomic mass is 32.1. The summed E-state index contributed by atoms with van der Waals surface area (Å²) in [6, 6.07) is 5.29. The molecule has 0 aliphatic rings. The number of nitrogens with zero attached hydrogens (tertiary/aromatic N) is 3. The summed E-state index contributed by atoms with van der Waals surface area (Å²) < 4.78 is 5.83. The predicted molar refractivity (Wildman–Crippen MR) is 106 cm³/mol. The van der Waals surface area contributed by atoms with E-state index in [0.717, 1.165) is 16.0 Å². The van der Waals surface area contributed by atoms with Gasteiger partial charge in [0.15, 0.2) is 5.65 Å². The van der Waals surface area contributed by atoms with Crippen LogP contribution in [0, 0.1) is 13.8 Å². The van der Waals surface area contributed by atoms with Crippen molar-refractivity contribution in [1.29, 1.82) is 0 Å². The molecule has 1 amide bonds. The van der Waals surface area contributed by atoms with Gasteiger partial charge in [-0.2, -0.15) is 0 Å². The van der Waals surface area contributed by atoms with Gasteiger partial charge in [0.25, 0.3) is 5.91 Å². The SMILES string of the molecule is Cc1ccc(O)c(C)c1-c1cn2cc(-c3ccns3)nc2c(C(N)=O)c1N. The van der Waals surface area contributed by atoms with Gasteiger partial charge in [-0.05, 0) is 54.2 Å². The number of aromatic nitrogens is 3. The summed E-state index contributed by atoms with van der Waals surface area (Å²) in [6.07, 6.45) is 5.31. The Labute approximate surface area is 159 Å². The smallest absolute Gasteiger partial charge is 0.254 e. The molecule has 0 radical (unpaired) electrons. The number of phenols is 1. The zero-order valence-electron chi connectivity index (χ0n) is 14.7. The second-order valence-corrected chi connectivity index (χ2v) is 7.16. The maximum Gasteiger partial charge on any atom is 0.254 e. The van der Waals surface area contributed by atoms with E-state index in [9.17, 15) is 9.90 Å². The fourth-order valence-electron chi connectivity index (χ4n) is 3.30. The van der Waals surface area contributed by atoms with E-state index < -0.39 is 5.91 Å². The second-order valence-electron chi connectivity index (χ2n) is 6.33. The first-order chi connectivity index (χ1) is 12.9. The molecule has 4 rings (SSSR count). The first-order valence-electron chi connectivity index (χ1n) is 8.20. The molecule has 7 nitrogen and oxygen atoms in total. The van der Waals surface area contributed by atoms with E-state index in [2.05, 4.69) is 9.36 Å². The number of aryl methyl sites for hydroxylation is 1. The lowest BCUT2D eigenvalue weighted by Crippen LogP contribution is -2.16. The molecule has 3 heterocycles. The average molecular weight is 379 g/mol. The number of anilines is 1. The molecule has 8 heteroatoms. The Morgan fingerprint density at radius 2 is 2.00 bits per heavy atom. The Balaban J connectivity index is 2.08. The van der Waals surface area contributed by atoms with Gasteiger partial charge in [-0.3, -0.25) is 4.79 Å². The molecule has 27 heavy (non-hydrogen) atoms. The van der Waals surface area contributed by atoms with Gasteiger partial charge < -0.3 is 21.0 Å². The lowest BCUT2D eigenvalue weighted by Gasteiger charge is -2.16. The highest BCUT2D eigenvalue weighted by Crippen LogP contribution is 2.38. The molecular weight excluding hydrogens is 362 g/mol. The summed E-state index contributed by atoms with van der Waals surface area (Å²) in [7, 11) is 0. The summed E-state index contributed by atoms with van der Waals surface area (Å²) in [5.41, 5.74) is 16.5. The third-order valence-corrected chi connectivity index (χ3v) is 5.40. The molecule has 4 aromatic rings. The Bertz CT molecular complexity index is 1200. The predicted octanol–water partition coefficient (Wildman–Crippen LogP) is 3.13. The number of rotatable bonds is 3. The van der Waals surface area contributed by atoms with E-state index in [1.54, 1.807) is 16.7 Å². The van der Waals surface area contributed by atoms with Gasteiger partial charge in [-0.15, -0.1) is 0 Å². The summed E-state index contributed by atoms with van der Waals surface area (Å²) >= 11 is 1.31. The minimum Gasteiger partial charge on any atom is -0.508 e. The summed E-state index contributed by atoms with van der Waals surface area (Å²) in [4.78, 5) is 17.6. The first-order valence-corrected chi connectivity index (χ1v) is 8.97. The fraction of sp³-hybridized carbons (Fsp3) is 0.105. The van der Waals surface area contributed by atoms with Crippen LogP contribution in [-0.2, 0) is 0 Å². The number of benzene rings is 1. The lowest BCUT2D eigenvalue weighted by molar-refractivity contribution is 0.100. The molecule has 136 valence electrons. The highest BCUT2D eigenvalue weighted by Gasteiger charge is 2.22. The Kier molecular flexibility index (Phi) is 3.85. The molecule has 3 aromatic heterocycles. The van der Waals surface area contributed by atoms with Crippen LogP contribution in [0.3, 0.4) is 0 Å². The van der Waals surface area contributed by atoms with Crippen LogP contribution in [0.4, 0.5) is 5.69 Å². The number of fused-ring (bicyclic) bond motifs is 1. The second kappa shape index (κ2) is 6.10. The third-order valence-electron chi connectivity index (χ3n) is 4.63. The Hall–Kier alpha value is -3.39. The van der Waals surface area contributed by atoms with Crippen LogP contribution in [-0.4, -0.2) is 24.8 Å². The summed E-state index contributed by atoms with van der Waals surface area (Å²) in [5.74, 6) is -0.497. The maximum absolute atomic E-state index is 12.2. The summed E-state index contributed by atoms with van der Waals surface area (Å²) in [5, 5.41) is 10.1. The van der Waals surface area contributed by atoms with E-state index in [1.807, 2.05) is 38.4 Å². The molecule has 0 saturated carbocycles. The van der Waals surface area contributed by atoms with E-state index in [4.69, 9.17) is 11.5 Å². The monoisotopic (exact) mass is 379 g/mol. The molecule has 1 aromatic carbocycles. The number of carbonyl (C=O) groups is 1. The number of hydrogen-bond acceptors (Lipinski definition) is 6. The van der Waals surface area contributed by atoms with Crippen LogP contribution in [0.25, 0.3) is 27.3 Å². The molecule has 0 aliphatic carbocycles. The first kappa shape index (κ1) is 17.0. The van der Waals surface area contributed by atoms with Gasteiger partial charge in [-0.25, -0.2) is 9.36 Å². The standard InChI is InChI=1S/C19H17N5O2S/c1-9-3-4-13(25)10(2)15(9)11-7-24-8-12(14-5-6-22-27-14)23-19(24)16(17(11)20)18(21)26/h3-8,25H,20H2,1-2H3,(H2,21,26). The molecule has 0 saturated heterocycles. The van der Waals surface area contributed by atoms with Crippen LogP contribution >= 0.6 is 11.5 Å². The molecule has 0 fully saturated rings. The number of imidazole rings is 1. The number of aromatic hydroxyl groups is 1. The number of nitrogens with two attached hydrogens (primary N) is 2. The van der Waals surface area contributed by atoms with Crippen molar-refractivity contribution in [1.82, 2.24) is 13.8 Å². The zero-order valence-corrected chi connectivity index (χ0v) is 15.5. The number of hydrogen-bond donors (Lipinski definition) is 3. The molecule has 0 bridgehead atoms. The minimum absolute atomic E-state index is 0.158. The Morgan fingerprint density at radius 1 is 1.22 bits per heavy atom. The topological polar surface area (TPSA) is 120 Å². The lowest BCUT2D eigenvalue weighted by atomic mass is 9.93. The molecule has 0 spiro atoms. The number of phenolic OH excluding ortho intramolecular Hbond substituents is 1. The van der Waals surface area contributed by atoms with Crippen molar-refractivity contribution in [2.75, 3.05) is 5.73 Å². The maximum atomic E-state index is 12.2. The van der Waals surface area contributed by atoms with Crippen molar-refractivity contribution < 1.29 is 9.90 Å². The van der Waals surface area contributed by atoms with Gasteiger partial charge in [0.2, 0.25) is 0 Å². The number of nitrogen functional groups attached to an aromatic ring is 1.